The molecule has 3 aromatic rings. The summed E-state index contributed by atoms with van der Waals surface area (Å²) in [6, 6.07) is 8.32. The summed E-state index contributed by atoms with van der Waals surface area (Å²) >= 11 is 1.18. The first-order chi connectivity index (χ1) is 17.3. The van der Waals surface area contributed by atoms with Crippen LogP contribution >= 0.6 is 11.3 Å². The van der Waals surface area contributed by atoms with E-state index >= 15 is 0 Å². The summed E-state index contributed by atoms with van der Waals surface area (Å²) in [6.45, 7) is 3.56. The third-order valence-electron chi connectivity index (χ3n) is 5.69. The number of fused-ring (bicyclic) bond motifs is 1. The van der Waals surface area contributed by atoms with Crippen molar-refractivity contribution in [2.24, 2.45) is 4.99 Å². The predicted molar refractivity (Wildman–Crippen MR) is 133 cm³/mol. The van der Waals surface area contributed by atoms with Crippen LogP contribution in [0.3, 0.4) is 0 Å². The molecule has 0 bridgehead atoms. The number of carbonyl (C=O) groups is 1. The first-order valence-electron chi connectivity index (χ1n) is 11.1. The van der Waals surface area contributed by atoms with Crippen LogP contribution in [0.15, 0.2) is 57.5 Å². The minimum Gasteiger partial charge on any atom is -0.493 e. The van der Waals surface area contributed by atoms with Gasteiger partial charge in [-0.25, -0.2) is 14.2 Å². The summed E-state index contributed by atoms with van der Waals surface area (Å²) in [5.74, 6) is 0.324. The quantitative estimate of drug-likeness (QED) is 0.453. The average Bonchev–Trinajstić information content (AvgIpc) is 3.17. The van der Waals surface area contributed by atoms with E-state index in [-0.39, 0.29) is 17.7 Å². The SMILES string of the molecule is CCOC(=O)C1=C(C)N=c2sc(=Cc3cc(OC)c(OC)c(OC)c3)c(=O)n2C1c1ccc(F)cc1. The molecule has 1 aromatic heterocycles. The zero-order valence-electron chi connectivity index (χ0n) is 20.5. The van der Waals surface area contributed by atoms with E-state index in [1.54, 1.807) is 44.2 Å². The topological polar surface area (TPSA) is 88.4 Å². The molecule has 0 N–H and O–H groups in total. The second-order valence-corrected chi connectivity index (χ2v) is 8.82. The van der Waals surface area contributed by atoms with Crippen molar-refractivity contribution in [1.82, 2.24) is 4.57 Å². The lowest BCUT2D eigenvalue weighted by Gasteiger charge is -2.24. The second kappa shape index (κ2) is 10.4. The van der Waals surface area contributed by atoms with Gasteiger partial charge in [-0.3, -0.25) is 9.36 Å². The number of halogens is 1. The Morgan fingerprint density at radius 1 is 1.11 bits per heavy atom. The highest BCUT2D eigenvalue weighted by atomic mass is 32.1. The Morgan fingerprint density at radius 3 is 2.31 bits per heavy atom. The van der Waals surface area contributed by atoms with Gasteiger partial charge >= 0.3 is 5.97 Å². The maximum absolute atomic E-state index is 13.7. The van der Waals surface area contributed by atoms with Gasteiger partial charge < -0.3 is 18.9 Å². The normalized spacial score (nSPS) is 15.3. The number of benzene rings is 2. The van der Waals surface area contributed by atoms with Gasteiger partial charge in [0, 0.05) is 0 Å². The number of hydrogen-bond acceptors (Lipinski definition) is 8. The van der Waals surface area contributed by atoms with Crippen molar-refractivity contribution in [1.29, 1.82) is 0 Å². The van der Waals surface area contributed by atoms with Gasteiger partial charge in [-0.05, 0) is 55.3 Å². The third-order valence-corrected chi connectivity index (χ3v) is 6.67. The Morgan fingerprint density at radius 2 is 1.75 bits per heavy atom. The molecule has 0 spiro atoms. The Labute approximate surface area is 210 Å². The van der Waals surface area contributed by atoms with Crippen LogP contribution in [0.25, 0.3) is 6.08 Å². The monoisotopic (exact) mass is 512 g/mol. The molecule has 0 amide bonds. The molecule has 2 heterocycles. The maximum atomic E-state index is 13.7. The Kier molecular flexibility index (Phi) is 7.25. The van der Waals surface area contributed by atoms with Crippen molar-refractivity contribution < 1.29 is 28.1 Å². The van der Waals surface area contributed by atoms with Gasteiger partial charge in [0.05, 0.1) is 49.8 Å². The van der Waals surface area contributed by atoms with Crippen LogP contribution in [0, 0.1) is 5.82 Å². The molecule has 0 saturated carbocycles. The van der Waals surface area contributed by atoms with E-state index in [9.17, 15) is 14.0 Å². The van der Waals surface area contributed by atoms with Crippen molar-refractivity contribution >= 4 is 23.4 Å². The van der Waals surface area contributed by atoms with Gasteiger partial charge in [0.1, 0.15) is 5.82 Å². The first-order valence-corrected chi connectivity index (χ1v) is 11.9. The zero-order chi connectivity index (χ0) is 26.0. The Bertz CT molecular complexity index is 1500. The lowest BCUT2D eigenvalue weighted by Crippen LogP contribution is -2.39. The molecule has 0 fully saturated rings. The van der Waals surface area contributed by atoms with Crippen LogP contribution in [-0.4, -0.2) is 38.5 Å². The molecule has 8 nitrogen and oxygen atoms in total. The van der Waals surface area contributed by atoms with Gasteiger partial charge in [-0.15, -0.1) is 0 Å². The number of ether oxygens (including phenoxy) is 4. The largest absolute Gasteiger partial charge is 0.493 e. The average molecular weight is 513 g/mol. The highest BCUT2D eigenvalue weighted by molar-refractivity contribution is 7.07. The van der Waals surface area contributed by atoms with E-state index in [1.807, 2.05) is 0 Å². The van der Waals surface area contributed by atoms with Crippen molar-refractivity contribution in [2.75, 3.05) is 27.9 Å². The minimum atomic E-state index is -0.817. The number of nitrogens with zero attached hydrogens (tertiary/aromatic N) is 2. The Balaban J connectivity index is 1.94. The summed E-state index contributed by atoms with van der Waals surface area (Å²) in [7, 11) is 4.53. The number of carbonyl (C=O) groups excluding carboxylic acids is 1. The summed E-state index contributed by atoms with van der Waals surface area (Å²) in [6.07, 6.45) is 1.69. The van der Waals surface area contributed by atoms with Crippen LogP contribution in [0.5, 0.6) is 17.2 Å². The number of thiazole rings is 1. The zero-order valence-corrected chi connectivity index (χ0v) is 21.3. The molecule has 10 heteroatoms. The van der Waals surface area contributed by atoms with Gasteiger partial charge in [-0.2, -0.15) is 0 Å². The second-order valence-electron chi connectivity index (χ2n) is 7.81. The maximum Gasteiger partial charge on any atom is 0.338 e. The minimum absolute atomic E-state index is 0.164. The molecule has 0 saturated heterocycles. The number of methoxy groups -OCH3 is 3. The van der Waals surface area contributed by atoms with Crippen molar-refractivity contribution in [3.8, 4) is 17.2 Å². The van der Waals surface area contributed by atoms with Crippen molar-refractivity contribution in [3.05, 3.63) is 84.3 Å². The lowest BCUT2D eigenvalue weighted by atomic mass is 9.96. The molecule has 1 unspecified atom stereocenters. The number of allylic oxidation sites excluding steroid dienone is 1. The number of aromatic nitrogens is 1. The molecule has 1 aliphatic rings. The first kappa shape index (κ1) is 25.2. The van der Waals surface area contributed by atoms with Gasteiger partial charge in [-0.1, -0.05) is 23.5 Å². The van der Waals surface area contributed by atoms with E-state index in [0.717, 1.165) is 0 Å². The smallest absolute Gasteiger partial charge is 0.338 e. The van der Waals surface area contributed by atoms with Crippen LogP contribution in [0.2, 0.25) is 0 Å². The molecular formula is C26H25FN2O6S. The summed E-state index contributed by atoms with van der Waals surface area (Å²) < 4.78 is 37.0. The molecule has 0 radical (unpaired) electrons. The fourth-order valence-corrected chi connectivity index (χ4v) is 5.13. The standard InChI is InChI=1S/C26H25FN2O6S/c1-6-35-25(31)21-14(2)28-26-29(22(21)16-7-9-17(27)10-8-16)24(30)20(36-26)13-15-11-18(32-3)23(34-5)19(12-15)33-4/h7-13,22H,6H2,1-5H3. The number of hydrogen-bond donors (Lipinski definition) is 0. The molecule has 1 aliphatic heterocycles. The van der Waals surface area contributed by atoms with Crippen molar-refractivity contribution in [3.63, 3.8) is 0 Å². The Hall–Kier alpha value is -3.92. The van der Waals surface area contributed by atoms with Gasteiger partial charge in [0.15, 0.2) is 16.3 Å². The van der Waals surface area contributed by atoms with Crippen LogP contribution in [0.4, 0.5) is 4.39 Å². The summed E-state index contributed by atoms with van der Waals surface area (Å²) in [5.41, 5.74) is 1.53. The highest BCUT2D eigenvalue weighted by Gasteiger charge is 2.33. The van der Waals surface area contributed by atoms with Crippen LogP contribution in [-0.2, 0) is 9.53 Å². The summed E-state index contributed by atoms with van der Waals surface area (Å²) in [4.78, 5) is 31.5. The molecule has 0 aliphatic carbocycles. The predicted octanol–water partition coefficient (Wildman–Crippen LogP) is 2.96. The third kappa shape index (κ3) is 4.51. The van der Waals surface area contributed by atoms with Crippen LogP contribution in [0.1, 0.15) is 31.0 Å². The fourth-order valence-electron chi connectivity index (χ4n) is 4.09. The molecule has 1 atom stereocenters. The molecule has 4 rings (SSSR count). The lowest BCUT2D eigenvalue weighted by molar-refractivity contribution is -0.139. The summed E-state index contributed by atoms with van der Waals surface area (Å²) in [5, 5.41) is 0. The van der Waals surface area contributed by atoms with Crippen LogP contribution < -0.4 is 29.1 Å². The van der Waals surface area contributed by atoms with E-state index in [0.29, 0.717) is 43.4 Å². The van der Waals surface area contributed by atoms with Crippen molar-refractivity contribution in [2.45, 2.75) is 19.9 Å². The van der Waals surface area contributed by atoms with E-state index in [2.05, 4.69) is 4.99 Å². The van der Waals surface area contributed by atoms with Gasteiger partial charge in [0.2, 0.25) is 5.75 Å². The molecule has 36 heavy (non-hydrogen) atoms. The molecular weight excluding hydrogens is 487 g/mol. The van der Waals surface area contributed by atoms with Gasteiger partial charge in [0.25, 0.3) is 5.56 Å². The van der Waals surface area contributed by atoms with E-state index in [1.165, 1.54) is 49.4 Å². The highest BCUT2D eigenvalue weighted by Crippen LogP contribution is 2.38. The van der Waals surface area contributed by atoms with E-state index in [4.69, 9.17) is 18.9 Å². The van der Waals surface area contributed by atoms with E-state index < -0.39 is 17.8 Å². The fraction of sp³-hybridized carbons (Fsp3) is 0.269. The molecule has 2 aromatic carbocycles. The number of esters is 1. The molecule has 188 valence electrons. The number of rotatable bonds is 7.